The van der Waals surface area contributed by atoms with Crippen molar-refractivity contribution in [2.45, 2.75) is 20.8 Å². The summed E-state index contributed by atoms with van der Waals surface area (Å²) in [5, 5.41) is 11.1. The van der Waals surface area contributed by atoms with Crippen molar-refractivity contribution in [3.05, 3.63) is 18.7 Å². The molecule has 80 valence electrons. The van der Waals surface area contributed by atoms with Crippen molar-refractivity contribution in [2.75, 3.05) is 11.9 Å². The van der Waals surface area contributed by atoms with Crippen LogP contribution in [0.25, 0.3) is 5.65 Å². The first-order valence-electron chi connectivity index (χ1n) is 4.94. The quantitative estimate of drug-likeness (QED) is 0.808. The summed E-state index contributed by atoms with van der Waals surface area (Å²) in [6.45, 7) is 7.37. The highest BCUT2D eigenvalue weighted by Gasteiger charge is 2.11. The Morgan fingerprint density at radius 2 is 2.20 bits per heavy atom. The topological polar surface area (TPSA) is 55.1 Å². The monoisotopic (exact) mass is 205 g/mol. The molecule has 0 fully saturated rings. The Balaban J connectivity index is 2.24. The Hall–Kier alpha value is -1.65. The van der Waals surface area contributed by atoms with E-state index in [9.17, 15) is 0 Å². The second kappa shape index (κ2) is 3.49. The molecular weight excluding hydrogens is 190 g/mol. The molecule has 0 aliphatic carbocycles. The van der Waals surface area contributed by atoms with E-state index in [1.165, 1.54) is 0 Å². The van der Waals surface area contributed by atoms with Crippen LogP contribution in [0, 0.1) is 5.41 Å². The van der Waals surface area contributed by atoms with Crippen molar-refractivity contribution in [1.82, 2.24) is 19.6 Å². The lowest BCUT2D eigenvalue weighted by Gasteiger charge is -2.18. The Bertz CT molecular complexity index is 454. The van der Waals surface area contributed by atoms with Crippen molar-refractivity contribution < 1.29 is 0 Å². The van der Waals surface area contributed by atoms with Gasteiger partial charge in [0.15, 0.2) is 5.82 Å². The van der Waals surface area contributed by atoms with Crippen molar-refractivity contribution in [2.24, 2.45) is 5.41 Å². The van der Waals surface area contributed by atoms with Crippen LogP contribution in [-0.2, 0) is 0 Å². The Morgan fingerprint density at radius 3 is 2.93 bits per heavy atom. The van der Waals surface area contributed by atoms with Gasteiger partial charge in [-0.1, -0.05) is 20.8 Å². The van der Waals surface area contributed by atoms with Crippen LogP contribution in [0.2, 0.25) is 0 Å². The lowest BCUT2D eigenvalue weighted by Crippen LogP contribution is -2.20. The maximum Gasteiger partial charge on any atom is 0.203 e. The second-order valence-electron chi connectivity index (χ2n) is 4.75. The van der Waals surface area contributed by atoms with E-state index < -0.39 is 0 Å². The van der Waals surface area contributed by atoms with Crippen LogP contribution in [0.1, 0.15) is 20.8 Å². The van der Waals surface area contributed by atoms with E-state index in [2.05, 4.69) is 41.3 Å². The Kier molecular flexibility index (Phi) is 2.30. The molecule has 2 heterocycles. The number of fused-ring (bicyclic) bond motifs is 1. The van der Waals surface area contributed by atoms with Gasteiger partial charge in [-0.15, -0.1) is 10.2 Å². The van der Waals surface area contributed by atoms with Gasteiger partial charge in [0, 0.05) is 18.9 Å². The summed E-state index contributed by atoms with van der Waals surface area (Å²) in [6.07, 6.45) is 5.23. The van der Waals surface area contributed by atoms with Gasteiger partial charge < -0.3 is 5.32 Å². The zero-order chi connectivity index (χ0) is 10.9. The van der Waals surface area contributed by atoms with Gasteiger partial charge in [-0.05, 0) is 5.41 Å². The lowest BCUT2D eigenvalue weighted by atomic mass is 9.97. The number of hydrogen-bond donors (Lipinski definition) is 1. The molecule has 0 unspecified atom stereocenters. The molecule has 0 radical (unpaired) electrons. The van der Waals surface area contributed by atoms with E-state index in [1.807, 2.05) is 10.6 Å². The molecule has 0 aliphatic rings. The van der Waals surface area contributed by atoms with Crippen LogP contribution >= 0.6 is 0 Å². The molecular formula is C10H15N5. The van der Waals surface area contributed by atoms with E-state index in [1.54, 1.807) is 12.5 Å². The first-order chi connectivity index (χ1) is 7.06. The van der Waals surface area contributed by atoms with E-state index in [0.29, 0.717) is 0 Å². The molecule has 1 N–H and O–H groups in total. The molecule has 0 saturated heterocycles. The summed E-state index contributed by atoms with van der Waals surface area (Å²) >= 11 is 0. The van der Waals surface area contributed by atoms with Crippen LogP contribution in [0.3, 0.4) is 0 Å². The Morgan fingerprint density at radius 1 is 1.40 bits per heavy atom. The minimum absolute atomic E-state index is 0.217. The highest BCUT2D eigenvalue weighted by atomic mass is 15.2. The predicted molar refractivity (Wildman–Crippen MR) is 58.7 cm³/mol. The van der Waals surface area contributed by atoms with Gasteiger partial charge >= 0.3 is 0 Å². The number of aromatic nitrogens is 4. The molecule has 15 heavy (non-hydrogen) atoms. The van der Waals surface area contributed by atoms with Crippen LogP contribution in [0.5, 0.6) is 0 Å². The number of nitrogens with zero attached hydrogens (tertiary/aromatic N) is 4. The van der Waals surface area contributed by atoms with E-state index in [0.717, 1.165) is 18.0 Å². The van der Waals surface area contributed by atoms with Crippen LogP contribution < -0.4 is 5.32 Å². The van der Waals surface area contributed by atoms with Crippen molar-refractivity contribution >= 4 is 11.5 Å². The van der Waals surface area contributed by atoms with Crippen molar-refractivity contribution in [3.8, 4) is 0 Å². The fraction of sp³-hybridized carbons (Fsp3) is 0.500. The van der Waals surface area contributed by atoms with E-state index in [4.69, 9.17) is 0 Å². The highest BCUT2D eigenvalue weighted by Crippen LogP contribution is 2.16. The largest absolute Gasteiger partial charge is 0.366 e. The smallest absolute Gasteiger partial charge is 0.203 e. The summed E-state index contributed by atoms with van der Waals surface area (Å²) in [6, 6.07) is 0. The van der Waals surface area contributed by atoms with Gasteiger partial charge in [-0.2, -0.15) is 0 Å². The highest BCUT2D eigenvalue weighted by molar-refractivity contribution is 5.61. The predicted octanol–water partition coefficient (Wildman–Crippen LogP) is 1.58. The summed E-state index contributed by atoms with van der Waals surface area (Å²) in [4.78, 5) is 4.25. The summed E-state index contributed by atoms with van der Waals surface area (Å²) in [5.74, 6) is 0.782. The minimum atomic E-state index is 0.217. The SMILES string of the molecule is CC(C)(C)CNc1nccn2cnnc12. The zero-order valence-corrected chi connectivity index (χ0v) is 9.23. The van der Waals surface area contributed by atoms with Gasteiger partial charge in [0.05, 0.1) is 0 Å². The average Bonchev–Trinajstić information content (AvgIpc) is 2.61. The third-order valence-corrected chi connectivity index (χ3v) is 2.00. The molecule has 0 aliphatic heterocycles. The van der Waals surface area contributed by atoms with Gasteiger partial charge in [-0.25, -0.2) is 4.98 Å². The molecule has 5 nitrogen and oxygen atoms in total. The normalized spacial score (nSPS) is 11.9. The molecule has 2 rings (SSSR count). The maximum absolute atomic E-state index is 4.25. The fourth-order valence-corrected chi connectivity index (χ4v) is 1.23. The molecule has 0 aromatic carbocycles. The molecule has 0 bridgehead atoms. The molecule has 0 amide bonds. The number of nitrogens with one attached hydrogen (secondary N) is 1. The number of hydrogen-bond acceptors (Lipinski definition) is 4. The van der Waals surface area contributed by atoms with Crippen LogP contribution in [-0.4, -0.2) is 26.1 Å². The van der Waals surface area contributed by atoms with E-state index in [-0.39, 0.29) is 5.41 Å². The first-order valence-corrected chi connectivity index (χ1v) is 4.94. The van der Waals surface area contributed by atoms with E-state index >= 15 is 0 Å². The van der Waals surface area contributed by atoms with Crippen LogP contribution in [0.15, 0.2) is 18.7 Å². The number of anilines is 1. The lowest BCUT2D eigenvalue weighted by molar-refractivity contribution is 0.442. The van der Waals surface area contributed by atoms with Gasteiger partial charge in [0.2, 0.25) is 5.65 Å². The number of rotatable bonds is 2. The molecule has 0 saturated carbocycles. The van der Waals surface area contributed by atoms with Gasteiger partial charge in [-0.3, -0.25) is 4.40 Å². The fourth-order valence-electron chi connectivity index (χ4n) is 1.23. The standard InChI is InChI=1S/C10H15N5/c1-10(2,3)6-12-8-9-14-13-7-15(9)5-4-11-8/h4-5,7H,6H2,1-3H3,(H,11,12). The first kappa shape index (κ1) is 9.89. The molecule has 2 aromatic heterocycles. The molecule has 5 heteroatoms. The van der Waals surface area contributed by atoms with Crippen LogP contribution in [0.4, 0.5) is 5.82 Å². The minimum Gasteiger partial charge on any atom is -0.366 e. The summed E-state index contributed by atoms with van der Waals surface area (Å²) in [5.41, 5.74) is 0.982. The molecule has 2 aromatic rings. The third kappa shape index (κ3) is 2.23. The summed E-state index contributed by atoms with van der Waals surface area (Å²) < 4.78 is 1.85. The maximum atomic E-state index is 4.25. The van der Waals surface area contributed by atoms with Gasteiger partial charge in [0.1, 0.15) is 6.33 Å². The zero-order valence-electron chi connectivity index (χ0n) is 9.23. The second-order valence-corrected chi connectivity index (χ2v) is 4.75. The summed E-state index contributed by atoms with van der Waals surface area (Å²) in [7, 11) is 0. The van der Waals surface area contributed by atoms with Crippen molar-refractivity contribution in [1.29, 1.82) is 0 Å². The Labute approximate surface area is 88.6 Å². The van der Waals surface area contributed by atoms with Crippen molar-refractivity contribution in [3.63, 3.8) is 0 Å². The average molecular weight is 205 g/mol. The molecule has 0 spiro atoms. The van der Waals surface area contributed by atoms with Gasteiger partial charge in [0.25, 0.3) is 0 Å². The third-order valence-electron chi connectivity index (χ3n) is 2.00. The molecule has 0 atom stereocenters.